The second-order valence-corrected chi connectivity index (χ2v) is 8.75. The number of nitrogens with zero attached hydrogens (tertiary/aromatic N) is 4. The highest BCUT2D eigenvalue weighted by Gasteiger charge is 2.36. The van der Waals surface area contributed by atoms with E-state index in [1.807, 2.05) is 54.2 Å². The minimum absolute atomic E-state index is 0.196. The van der Waals surface area contributed by atoms with Crippen molar-refractivity contribution >= 4 is 28.9 Å². The smallest absolute Gasteiger partial charge is 0.255 e. The molecule has 2 N–H and O–H groups in total. The van der Waals surface area contributed by atoms with E-state index < -0.39 is 0 Å². The zero-order chi connectivity index (χ0) is 22.2. The number of benzene rings is 1. The van der Waals surface area contributed by atoms with Crippen LogP contribution in [0.15, 0.2) is 71.5 Å². The molecule has 1 aliphatic rings. The molecule has 1 aromatic carbocycles. The summed E-state index contributed by atoms with van der Waals surface area (Å²) in [6, 6.07) is 13.4. The monoisotopic (exact) mass is 442 g/mol. The maximum absolute atomic E-state index is 13.4. The van der Waals surface area contributed by atoms with Crippen LogP contribution in [0.5, 0.6) is 0 Å². The van der Waals surface area contributed by atoms with E-state index in [9.17, 15) is 4.79 Å². The first-order valence-corrected chi connectivity index (χ1v) is 11.2. The van der Waals surface area contributed by atoms with Gasteiger partial charge in [0.2, 0.25) is 5.95 Å². The Balaban J connectivity index is 1.60. The first-order chi connectivity index (χ1) is 15.5. The van der Waals surface area contributed by atoms with Crippen LogP contribution in [-0.2, 0) is 4.79 Å². The minimum Gasteiger partial charge on any atom is -0.328 e. The zero-order valence-corrected chi connectivity index (χ0v) is 18.8. The van der Waals surface area contributed by atoms with Gasteiger partial charge in [0.05, 0.1) is 17.5 Å². The fourth-order valence-corrected chi connectivity index (χ4v) is 4.83. The van der Waals surface area contributed by atoms with Crippen LogP contribution in [0.4, 0.5) is 11.6 Å². The van der Waals surface area contributed by atoms with E-state index in [4.69, 9.17) is 10.1 Å². The minimum atomic E-state index is -0.380. The number of anilines is 2. The lowest BCUT2D eigenvalue weighted by Gasteiger charge is -2.28. The Labute approximate surface area is 189 Å². The number of amides is 1. The quantitative estimate of drug-likeness (QED) is 0.467. The summed E-state index contributed by atoms with van der Waals surface area (Å²) in [7, 11) is 0. The van der Waals surface area contributed by atoms with Crippen LogP contribution < -0.4 is 10.6 Å². The average molecular weight is 443 g/mol. The van der Waals surface area contributed by atoms with Crippen molar-refractivity contribution in [3.05, 3.63) is 87.5 Å². The summed E-state index contributed by atoms with van der Waals surface area (Å²) in [5.41, 5.74) is 5.21. The first-order valence-electron chi connectivity index (χ1n) is 10.3. The van der Waals surface area contributed by atoms with Gasteiger partial charge in [-0.25, -0.2) is 4.68 Å². The molecule has 4 aromatic rings. The highest BCUT2D eigenvalue weighted by atomic mass is 32.1. The molecule has 1 atom stereocenters. The third-order valence-corrected chi connectivity index (χ3v) is 6.55. The summed E-state index contributed by atoms with van der Waals surface area (Å²) in [6.07, 6.45) is 3.31. The number of thiophene rings is 1. The van der Waals surface area contributed by atoms with Crippen molar-refractivity contribution in [2.75, 3.05) is 10.6 Å². The predicted molar refractivity (Wildman–Crippen MR) is 127 cm³/mol. The van der Waals surface area contributed by atoms with E-state index in [1.165, 1.54) is 5.56 Å². The molecule has 0 saturated carbocycles. The van der Waals surface area contributed by atoms with Gasteiger partial charge in [0, 0.05) is 22.3 Å². The molecular formula is C24H22N6OS. The highest BCUT2D eigenvalue weighted by Crippen LogP contribution is 2.40. The SMILES string of the molecule is CC1=C(C(=O)Nc2cccnc2)C(c2sccc2C)n2nc(-c3ccc(C)cc3)nc2N1. The maximum atomic E-state index is 13.4. The number of nitrogens with one attached hydrogen (secondary N) is 2. The summed E-state index contributed by atoms with van der Waals surface area (Å²) in [6.45, 7) is 6.00. The third-order valence-electron chi connectivity index (χ3n) is 5.48. The van der Waals surface area contributed by atoms with E-state index in [-0.39, 0.29) is 11.9 Å². The fraction of sp³-hybridized carbons (Fsp3) is 0.167. The van der Waals surface area contributed by atoms with Crippen molar-refractivity contribution in [3.63, 3.8) is 0 Å². The Hall–Kier alpha value is -3.78. The summed E-state index contributed by atoms with van der Waals surface area (Å²) in [4.78, 5) is 23.3. The van der Waals surface area contributed by atoms with E-state index in [0.29, 0.717) is 23.0 Å². The molecule has 1 amide bonds. The Morgan fingerprint density at radius 1 is 1.12 bits per heavy atom. The number of carbonyl (C=O) groups is 1. The lowest BCUT2D eigenvalue weighted by Crippen LogP contribution is -2.31. The van der Waals surface area contributed by atoms with E-state index >= 15 is 0 Å². The van der Waals surface area contributed by atoms with Crippen molar-refractivity contribution in [1.82, 2.24) is 19.7 Å². The fourth-order valence-electron chi connectivity index (χ4n) is 3.81. The second kappa shape index (κ2) is 8.05. The molecule has 1 unspecified atom stereocenters. The lowest BCUT2D eigenvalue weighted by molar-refractivity contribution is -0.113. The third kappa shape index (κ3) is 3.58. The summed E-state index contributed by atoms with van der Waals surface area (Å²) >= 11 is 1.61. The number of allylic oxidation sites excluding steroid dienone is 1. The van der Waals surface area contributed by atoms with Gasteiger partial charge in [-0.3, -0.25) is 9.78 Å². The number of hydrogen-bond acceptors (Lipinski definition) is 6. The number of rotatable bonds is 4. The Morgan fingerprint density at radius 3 is 2.62 bits per heavy atom. The standard InChI is InChI=1S/C24H22N6OS/c1-14-6-8-17(9-7-14)22-28-24-26-16(3)19(23(31)27-18-5-4-11-25-13-18)20(30(24)29-22)21-15(2)10-12-32-21/h4-13,20H,1-3H3,(H,27,31)(H,26,28,29). The molecule has 0 bridgehead atoms. The zero-order valence-electron chi connectivity index (χ0n) is 18.0. The molecule has 32 heavy (non-hydrogen) atoms. The van der Waals surface area contributed by atoms with Crippen LogP contribution in [0, 0.1) is 13.8 Å². The number of aryl methyl sites for hydroxylation is 2. The topological polar surface area (TPSA) is 84.7 Å². The van der Waals surface area contributed by atoms with Crippen LogP contribution in [-0.4, -0.2) is 25.7 Å². The molecule has 4 heterocycles. The molecule has 0 spiro atoms. The molecule has 160 valence electrons. The Kier molecular flexibility index (Phi) is 5.07. The summed E-state index contributed by atoms with van der Waals surface area (Å²) < 4.78 is 1.82. The number of aromatic nitrogens is 4. The highest BCUT2D eigenvalue weighted by molar-refractivity contribution is 7.10. The lowest BCUT2D eigenvalue weighted by atomic mass is 9.99. The molecule has 3 aromatic heterocycles. The van der Waals surface area contributed by atoms with Gasteiger partial charge in [0.1, 0.15) is 6.04 Å². The van der Waals surface area contributed by atoms with Crippen LogP contribution >= 0.6 is 11.3 Å². The molecule has 1 aliphatic heterocycles. The van der Waals surface area contributed by atoms with Crippen molar-refractivity contribution in [3.8, 4) is 11.4 Å². The largest absolute Gasteiger partial charge is 0.328 e. The molecule has 5 rings (SSSR count). The van der Waals surface area contributed by atoms with Gasteiger partial charge < -0.3 is 10.6 Å². The maximum Gasteiger partial charge on any atom is 0.255 e. The van der Waals surface area contributed by atoms with Crippen LogP contribution in [0.2, 0.25) is 0 Å². The van der Waals surface area contributed by atoms with Crippen LogP contribution in [0.1, 0.15) is 29.0 Å². The van der Waals surface area contributed by atoms with Crippen LogP contribution in [0.25, 0.3) is 11.4 Å². The van der Waals surface area contributed by atoms with Crippen molar-refractivity contribution < 1.29 is 4.79 Å². The Morgan fingerprint density at radius 2 is 1.94 bits per heavy atom. The summed E-state index contributed by atoms with van der Waals surface area (Å²) in [5.74, 6) is 1.04. The molecule has 0 fully saturated rings. The second-order valence-electron chi connectivity index (χ2n) is 7.80. The normalized spacial score (nSPS) is 15.3. The van der Waals surface area contributed by atoms with Gasteiger partial charge in [-0.05, 0) is 49.9 Å². The van der Waals surface area contributed by atoms with E-state index in [1.54, 1.807) is 29.8 Å². The molecule has 0 radical (unpaired) electrons. The van der Waals surface area contributed by atoms with E-state index in [2.05, 4.69) is 28.6 Å². The van der Waals surface area contributed by atoms with Gasteiger partial charge in [-0.15, -0.1) is 16.4 Å². The van der Waals surface area contributed by atoms with Gasteiger partial charge in [-0.2, -0.15) is 4.98 Å². The van der Waals surface area contributed by atoms with Gasteiger partial charge in [-0.1, -0.05) is 29.8 Å². The molecule has 7 nitrogen and oxygen atoms in total. The molecule has 0 aliphatic carbocycles. The summed E-state index contributed by atoms with van der Waals surface area (Å²) in [5, 5.41) is 13.1. The van der Waals surface area contributed by atoms with Gasteiger partial charge in [0.15, 0.2) is 5.82 Å². The van der Waals surface area contributed by atoms with Crippen LogP contribution in [0.3, 0.4) is 0 Å². The van der Waals surface area contributed by atoms with Gasteiger partial charge in [0.25, 0.3) is 5.91 Å². The molecule has 0 saturated heterocycles. The average Bonchev–Trinajstić information content (AvgIpc) is 3.40. The first kappa shape index (κ1) is 20.1. The van der Waals surface area contributed by atoms with E-state index in [0.717, 1.165) is 21.7 Å². The number of carbonyl (C=O) groups excluding carboxylic acids is 1. The predicted octanol–water partition coefficient (Wildman–Crippen LogP) is 4.95. The van der Waals surface area contributed by atoms with Gasteiger partial charge >= 0.3 is 0 Å². The van der Waals surface area contributed by atoms with Crippen molar-refractivity contribution in [2.45, 2.75) is 26.8 Å². The number of fused-ring (bicyclic) bond motifs is 1. The molecule has 8 heteroatoms. The molecular weight excluding hydrogens is 420 g/mol. The number of pyridine rings is 1. The number of hydrogen-bond donors (Lipinski definition) is 2. The Bertz CT molecular complexity index is 1320. The van der Waals surface area contributed by atoms with Crippen molar-refractivity contribution in [2.24, 2.45) is 0 Å². The van der Waals surface area contributed by atoms with Crippen molar-refractivity contribution in [1.29, 1.82) is 0 Å².